The van der Waals surface area contributed by atoms with Gasteiger partial charge in [0.2, 0.25) is 5.91 Å². The van der Waals surface area contributed by atoms with Crippen molar-refractivity contribution in [3.05, 3.63) is 23.2 Å². The molecule has 0 saturated heterocycles. The Balaban J connectivity index is 2.15. The van der Waals surface area contributed by atoms with E-state index in [0.717, 1.165) is 29.2 Å². The van der Waals surface area contributed by atoms with Crippen LogP contribution in [0.5, 0.6) is 0 Å². The first-order chi connectivity index (χ1) is 12.1. The lowest BCUT2D eigenvalue weighted by molar-refractivity contribution is -0.119. The van der Waals surface area contributed by atoms with E-state index >= 15 is 0 Å². The number of aryl methyl sites for hydroxylation is 1. The van der Waals surface area contributed by atoms with Crippen LogP contribution in [0.2, 0.25) is 5.02 Å². The summed E-state index contributed by atoms with van der Waals surface area (Å²) < 4.78 is 2.08. The summed E-state index contributed by atoms with van der Waals surface area (Å²) in [5.41, 5.74) is 1.37. The molecule has 0 fully saturated rings. The Morgan fingerprint density at radius 2 is 2.04 bits per heavy atom. The first kappa shape index (κ1) is 20.6. The number of imidazole rings is 1. The molecule has 2 rings (SSSR count). The second-order valence-corrected chi connectivity index (χ2v) is 8.88. The number of urea groups is 1. The zero-order chi connectivity index (χ0) is 19.5. The van der Waals surface area contributed by atoms with Crippen LogP contribution in [0.4, 0.5) is 4.79 Å². The van der Waals surface area contributed by atoms with Crippen LogP contribution < -0.4 is 10.6 Å². The van der Waals surface area contributed by atoms with Crippen molar-refractivity contribution in [1.82, 2.24) is 20.2 Å². The summed E-state index contributed by atoms with van der Waals surface area (Å²) in [6, 6.07) is 5.09. The summed E-state index contributed by atoms with van der Waals surface area (Å²) in [6.07, 6.45) is 0.941. The molecule has 0 saturated carbocycles. The fourth-order valence-electron chi connectivity index (χ4n) is 2.41. The lowest BCUT2D eigenvalue weighted by Crippen LogP contribution is -2.49. The van der Waals surface area contributed by atoms with Crippen LogP contribution in [0.25, 0.3) is 11.0 Å². The number of hydrogen-bond acceptors (Lipinski definition) is 4. The molecule has 2 aromatic rings. The van der Waals surface area contributed by atoms with Gasteiger partial charge >= 0.3 is 6.03 Å². The van der Waals surface area contributed by atoms with Crippen LogP contribution in [-0.4, -0.2) is 32.3 Å². The van der Waals surface area contributed by atoms with Gasteiger partial charge in [-0.15, -0.1) is 0 Å². The Morgan fingerprint density at radius 3 is 2.65 bits per heavy atom. The van der Waals surface area contributed by atoms with E-state index in [1.165, 1.54) is 11.8 Å². The van der Waals surface area contributed by atoms with Crippen molar-refractivity contribution in [2.75, 3.05) is 0 Å². The fourth-order valence-corrected chi connectivity index (χ4v) is 3.52. The molecule has 0 aliphatic rings. The predicted octanol–water partition coefficient (Wildman–Crippen LogP) is 4.20. The minimum absolute atomic E-state index is 0.357. The number of amides is 3. The monoisotopic (exact) mass is 396 g/mol. The molecule has 6 nitrogen and oxygen atoms in total. The van der Waals surface area contributed by atoms with Crippen molar-refractivity contribution < 1.29 is 9.59 Å². The number of imide groups is 1. The maximum atomic E-state index is 12.3. The molecule has 142 valence electrons. The van der Waals surface area contributed by atoms with Crippen molar-refractivity contribution >= 4 is 46.3 Å². The number of aromatic nitrogens is 2. The van der Waals surface area contributed by atoms with Crippen molar-refractivity contribution in [2.24, 2.45) is 0 Å². The Morgan fingerprint density at radius 1 is 1.35 bits per heavy atom. The van der Waals surface area contributed by atoms with Gasteiger partial charge in [0.25, 0.3) is 0 Å². The summed E-state index contributed by atoms with van der Waals surface area (Å²) in [5.74, 6) is -0.357. The zero-order valence-electron chi connectivity index (χ0n) is 15.7. The predicted molar refractivity (Wildman–Crippen MR) is 107 cm³/mol. The highest BCUT2D eigenvalue weighted by Crippen LogP contribution is 2.29. The van der Waals surface area contributed by atoms with Crippen molar-refractivity contribution in [2.45, 2.75) is 63.5 Å². The van der Waals surface area contributed by atoms with E-state index in [1.54, 1.807) is 6.92 Å². The molecule has 1 heterocycles. The average Bonchev–Trinajstić information content (AvgIpc) is 2.82. The van der Waals surface area contributed by atoms with Gasteiger partial charge in [0.1, 0.15) is 0 Å². The standard InChI is InChI=1S/C18H25ClN4O2S/c1-6-9-23-14-8-7-12(19)10-13(14)20-17(23)26-11(2)15(24)21-16(25)22-18(3,4)5/h7-8,10-11H,6,9H2,1-5H3,(H2,21,22,24,25)/t11-/m0/s1. The average molecular weight is 397 g/mol. The number of thioether (sulfide) groups is 1. The smallest absolute Gasteiger partial charge is 0.321 e. The van der Waals surface area contributed by atoms with E-state index in [1.807, 2.05) is 39.0 Å². The van der Waals surface area contributed by atoms with E-state index in [0.29, 0.717) is 5.02 Å². The molecule has 0 bridgehead atoms. The van der Waals surface area contributed by atoms with Crippen molar-refractivity contribution in [1.29, 1.82) is 0 Å². The number of halogens is 1. The molecule has 1 aromatic heterocycles. The second-order valence-electron chi connectivity index (χ2n) is 7.13. The highest BCUT2D eigenvalue weighted by Gasteiger charge is 2.22. The summed E-state index contributed by atoms with van der Waals surface area (Å²) in [4.78, 5) is 28.8. The van der Waals surface area contributed by atoms with Gasteiger partial charge in [-0.2, -0.15) is 0 Å². The number of benzene rings is 1. The minimum atomic E-state index is -0.496. The molecule has 0 aliphatic heterocycles. The summed E-state index contributed by atoms with van der Waals surface area (Å²) in [5, 5.41) is 5.99. The molecule has 26 heavy (non-hydrogen) atoms. The molecular formula is C18H25ClN4O2S. The van der Waals surface area contributed by atoms with E-state index in [9.17, 15) is 9.59 Å². The molecule has 8 heteroatoms. The van der Waals surface area contributed by atoms with Crippen LogP contribution in [-0.2, 0) is 11.3 Å². The minimum Gasteiger partial charge on any atom is -0.333 e. The molecular weight excluding hydrogens is 372 g/mol. The Hall–Kier alpha value is -1.73. The van der Waals surface area contributed by atoms with Gasteiger partial charge in [-0.3, -0.25) is 10.1 Å². The largest absolute Gasteiger partial charge is 0.333 e. The SMILES string of the molecule is CCCn1c(S[C@@H](C)C(=O)NC(=O)NC(C)(C)C)nc2cc(Cl)ccc21. The summed E-state index contributed by atoms with van der Waals surface area (Å²) >= 11 is 7.39. The molecule has 2 N–H and O–H groups in total. The molecule has 1 aromatic carbocycles. The third-order valence-electron chi connectivity index (χ3n) is 3.50. The highest BCUT2D eigenvalue weighted by molar-refractivity contribution is 8.00. The summed E-state index contributed by atoms with van der Waals surface area (Å²) in [7, 11) is 0. The maximum Gasteiger partial charge on any atom is 0.321 e. The number of rotatable bonds is 5. The number of carbonyl (C=O) groups is 2. The van der Waals surface area contributed by atoms with Gasteiger partial charge in [-0.25, -0.2) is 9.78 Å². The lowest BCUT2D eigenvalue weighted by atomic mass is 10.1. The van der Waals surface area contributed by atoms with Crippen LogP contribution in [0.1, 0.15) is 41.0 Å². The number of nitrogens with zero attached hydrogens (tertiary/aromatic N) is 2. The number of carbonyl (C=O) groups excluding carboxylic acids is 2. The van der Waals surface area contributed by atoms with E-state index < -0.39 is 16.8 Å². The Bertz CT molecular complexity index is 813. The second kappa shape index (κ2) is 8.31. The quantitative estimate of drug-likeness (QED) is 0.742. The third kappa shape index (κ3) is 5.38. The van der Waals surface area contributed by atoms with E-state index in [2.05, 4.69) is 27.1 Å². The van der Waals surface area contributed by atoms with Gasteiger partial charge in [-0.05, 0) is 52.3 Å². The van der Waals surface area contributed by atoms with Gasteiger partial charge in [-0.1, -0.05) is 30.3 Å². The van der Waals surface area contributed by atoms with E-state index in [4.69, 9.17) is 11.6 Å². The van der Waals surface area contributed by atoms with Crippen LogP contribution in [0.15, 0.2) is 23.4 Å². The third-order valence-corrected chi connectivity index (χ3v) is 4.82. The van der Waals surface area contributed by atoms with Crippen LogP contribution in [0, 0.1) is 0 Å². The number of fused-ring (bicyclic) bond motifs is 1. The molecule has 3 amide bonds. The van der Waals surface area contributed by atoms with Gasteiger partial charge in [0.15, 0.2) is 5.16 Å². The van der Waals surface area contributed by atoms with Crippen LogP contribution >= 0.6 is 23.4 Å². The molecule has 0 spiro atoms. The maximum absolute atomic E-state index is 12.3. The zero-order valence-corrected chi connectivity index (χ0v) is 17.3. The number of nitrogens with one attached hydrogen (secondary N) is 2. The van der Waals surface area contributed by atoms with Gasteiger partial charge < -0.3 is 9.88 Å². The van der Waals surface area contributed by atoms with Gasteiger partial charge in [0, 0.05) is 17.1 Å². The normalized spacial score (nSPS) is 12.8. The topological polar surface area (TPSA) is 76.0 Å². The van der Waals surface area contributed by atoms with Gasteiger partial charge in [0.05, 0.1) is 16.3 Å². The molecule has 0 aliphatic carbocycles. The summed E-state index contributed by atoms with van der Waals surface area (Å²) in [6.45, 7) is 10.2. The van der Waals surface area contributed by atoms with Crippen LogP contribution in [0.3, 0.4) is 0 Å². The molecule has 1 atom stereocenters. The number of hydrogen-bond donors (Lipinski definition) is 2. The first-order valence-electron chi connectivity index (χ1n) is 8.56. The fraction of sp³-hybridized carbons (Fsp3) is 0.500. The lowest BCUT2D eigenvalue weighted by Gasteiger charge is -2.21. The molecule has 0 unspecified atom stereocenters. The first-order valence-corrected chi connectivity index (χ1v) is 9.82. The molecule has 0 radical (unpaired) electrons. The van der Waals surface area contributed by atoms with E-state index in [-0.39, 0.29) is 5.91 Å². The highest BCUT2D eigenvalue weighted by atomic mass is 35.5. The Kier molecular flexibility index (Phi) is 6.58. The van der Waals surface area contributed by atoms with Crippen molar-refractivity contribution in [3.8, 4) is 0 Å². The Labute approximate surface area is 163 Å². The van der Waals surface area contributed by atoms with Crippen molar-refractivity contribution in [3.63, 3.8) is 0 Å².